The number of nitrogen functional groups attached to an aromatic ring is 1. The Morgan fingerprint density at radius 1 is 1.14 bits per heavy atom. The van der Waals surface area contributed by atoms with Crippen molar-refractivity contribution in [2.75, 3.05) is 17.3 Å². The van der Waals surface area contributed by atoms with Crippen molar-refractivity contribution in [3.8, 4) is 0 Å². The Morgan fingerprint density at radius 3 is 2.52 bits per heavy atom. The van der Waals surface area contributed by atoms with Gasteiger partial charge in [0.1, 0.15) is 0 Å². The van der Waals surface area contributed by atoms with E-state index in [0.29, 0.717) is 11.3 Å². The number of hydrogen-bond donors (Lipinski definition) is 3. The van der Waals surface area contributed by atoms with E-state index in [1.165, 1.54) is 30.0 Å². The lowest BCUT2D eigenvalue weighted by atomic mass is 10.1. The Balaban J connectivity index is 2.36. The minimum Gasteiger partial charge on any atom is -0.478 e. The van der Waals surface area contributed by atoms with E-state index in [2.05, 4.69) is 5.32 Å². The number of rotatable bonds is 4. The van der Waals surface area contributed by atoms with E-state index in [4.69, 9.17) is 10.8 Å². The third-order valence-corrected chi connectivity index (χ3v) is 3.67. The highest BCUT2D eigenvalue weighted by molar-refractivity contribution is 7.98. The lowest BCUT2D eigenvalue weighted by Crippen LogP contribution is -2.15. The van der Waals surface area contributed by atoms with E-state index < -0.39 is 5.97 Å². The molecule has 0 aliphatic rings. The number of carbonyl (C=O) groups excluding carboxylic acids is 1. The first kappa shape index (κ1) is 14.9. The molecule has 4 N–H and O–H groups in total. The number of carboxylic acids is 1. The lowest BCUT2D eigenvalue weighted by Gasteiger charge is -2.11. The van der Waals surface area contributed by atoms with Crippen LogP contribution in [0.3, 0.4) is 0 Å². The minimum absolute atomic E-state index is 0.000757. The van der Waals surface area contributed by atoms with E-state index in [1.54, 1.807) is 12.1 Å². The first-order valence-electron chi connectivity index (χ1n) is 6.10. The molecule has 0 aliphatic carbocycles. The Hall–Kier alpha value is -2.47. The molecule has 0 bridgehead atoms. The van der Waals surface area contributed by atoms with Crippen molar-refractivity contribution in [3.05, 3.63) is 53.6 Å². The number of amides is 1. The lowest BCUT2D eigenvalue weighted by molar-refractivity contribution is 0.0698. The molecular formula is C15H14N2O3S. The second kappa shape index (κ2) is 6.32. The molecule has 2 aromatic rings. The van der Waals surface area contributed by atoms with Crippen LogP contribution >= 0.6 is 11.8 Å². The quantitative estimate of drug-likeness (QED) is 0.596. The molecule has 1 amide bonds. The van der Waals surface area contributed by atoms with Crippen LogP contribution in [-0.4, -0.2) is 23.2 Å². The summed E-state index contributed by atoms with van der Waals surface area (Å²) < 4.78 is 0. The van der Waals surface area contributed by atoms with Crippen molar-refractivity contribution in [2.24, 2.45) is 0 Å². The largest absolute Gasteiger partial charge is 0.478 e. The summed E-state index contributed by atoms with van der Waals surface area (Å²) >= 11 is 1.45. The van der Waals surface area contributed by atoms with E-state index in [0.717, 1.165) is 4.90 Å². The van der Waals surface area contributed by atoms with Crippen molar-refractivity contribution in [3.63, 3.8) is 0 Å². The van der Waals surface area contributed by atoms with Crippen molar-refractivity contribution in [2.45, 2.75) is 4.90 Å². The van der Waals surface area contributed by atoms with Gasteiger partial charge in [-0.3, -0.25) is 4.79 Å². The molecule has 0 saturated carbocycles. The van der Waals surface area contributed by atoms with Crippen molar-refractivity contribution >= 4 is 35.0 Å². The van der Waals surface area contributed by atoms with Gasteiger partial charge in [-0.1, -0.05) is 12.1 Å². The van der Waals surface area contributed by atoms with Crippen LogP contribution in [0.1, 0.15) is 20.7 Å². The first-order valence-corrected chi connectivity index (χ1v) is 7.32. The second-order valence-electron chi connectivity index (χ2n) is 4.26. The maximum Gasteiger partial charge on any atom is 0.337 e. The van der Waals surface area contributed by atoms with Crippen molar-refractivity contribution < 1.29 is 14.7 Å². The fourth-order valence-corrected chi connectivity index (χ4v) is 2.47. The van der Waals surface area contributed by atoms with Crippen LogP contribution in [0, 0.1) is 0 Å². The summed E-state index contributed by atoms with van der Waals surface area (Å²) in [4.78, 5) is 24.3. The van der Waals surface area contributed by atoms with Crippen LogP contribution < -0.4 is 11.1 Å². The zero-order valence-electron chi connectivity index (χ0n) is 11.3. The molecular weight excluding hydrogens is 288 g/mol. The third kappa shape index (κ3) is 3.35. The van der Waals surface area contributed by atoms with Crippen LogP contribution in [0.4, 0.5) is 11.4 Å². The Kier molecular flexibility index (Phi) is 4.49. The average molecular weight is 302 g/mol. The van der Waals surface area contributed by atoms with Gasteiger partial charge in [0.25, 0.3) is 5.91 Å². The summed E-state index contributed by atoms with van der Waals surface area (Å²) in [5.74, 6) is -1.49. The summed E-state index contributed by atoms with van der Waals surface area (Å²) in [6.45, 7) is 0. The zero-order valence-corrected chi connectivity index (χ0v) is 12.1. The number of anilines is 2. The molecule has 2 rings (SSSR count). The molecule has 0 aromatic heterocycles. The number of carbonyl (C=O) groups is 2. The van der Waals surface area contributed by atoms with Crippen molar-refractivity contribution in [1.29, 1.82) is 0 Å². The number of benzene rings is 2. The standard InChI is InChI=1S/C15H14N2O3S/c1-21-13-5-3-2-4-11(13)14(18)17-12-8-9(16)6-7-10(12)15(19)20/h2-8H,16H2,1H3,(H,17,18)(H,19,20). The number of hydrogen-bond acceptors (Lipinski definition) is 4. The number of nitrogens with one attached hydrogen (secondary N) is 1. The van der Waals surface area contributed by atoms with Crippen molar-refractivity contribution in [1.82, 2.24) is 0 Å². The van der Waals surface area contributed by atoms with Gasteiger partial charge in [0.15, 0.2) is 0 Å². The summed E-state index contributed by atoms with van der Waals surface area (Å²) in [7, 11) is 0. The molecule has 5 nitrogen and oxygen atoms in total. The van der Waals surface area contributed by atoms with Gasteiger partial charge in [-0.2, -0.15) is 0 Å². The first-order chi connectivity index (χ1) is 10.0. The van der Waals surface area contributed by atoms with Crippen LogP contribution in [-0.2, 0) is 0 Å². The highest BCUT2D eigenvalue weighted by Gasteiger charge is 2.15. The smallest absolute Gasteiger partial charge is 0.337 e. The fourth-order valence-electron chi connectivity index (χ4n) is 1.87. The number of carboxylic acid groups (broad SMARTS) is 1. The van der Waals surface area contributed by atoms with Gasteiger partial charge in [0.2, 0.25) is 0 Å². The molecule has 0 heterocycles. The summed E-state index contributed by atoms with van der Waals surface area (Å²) in [6.07, 6.45) is 1.87. The second-order valence-corrected chi connectivity index (χ2v) is 5.11. The number of aromatic carboxylic acids is 1. The summed E-state index contributed by atoms with van der Waals surface area (Å²) in [5.41, 5.74) is 6.71. The summed E-state index contributed by atoms with van der Waals surface area (Å²) in [5, 5.41) is 11.8. The van der Waals surface area contributed by atoms with Gasteiger partial charge in [0, 0.05) is 10.6 Å². The van der Waals surface area contributed by atoms with E-state index >= 15 is 0 Å². The van der Waals surface area contributed by atoms with Crippen LogP contribution in [0.15, 0.2) is 47.4 Å². The summed E-state index contributed by atoms with van der Waals surface area (Å²) in [6, 6.07) is 11.4. The molecule has 108 valence electrons. The molecule has 0 unspecified atom stereocenters. The maximum absolute atomic E-state index is 12.3. The molecule has 0 aliphatic heterocycles. The molecule has 0 fully saturated rings. The van der Waals surface area contributed by atoms with Crippen LogP contribution in [0.5, 0.6) is 0 Å². The van der Waals surface area contributed by atoms with E-state index in [1.807, 2.05) is 18.4 Å². The number of thioether (sulfide) groups is 1. The zero-order chi connectivity index (χ0) is 15.4. The van der Waals surface area contributed by atoms with Crippen LogP contribution in [0.2, 0.25) is 0 Å². The highest BCUT2D eigenvalue weighted by atomic mass is 32.2. The van der Waals surface area contributed by atoms with Gasteiger partial charge in [0.05, 0.1) is 16.8 Å². The highest BCUT2D eigenvalue weighted by Crippen LogP contribution is 2.23. The topological polar surface area (TPSA) is 92.4 Å². The van der Waals surface area contributed by atoms with Gasteiger partial charge in [-0.25, -0.2) is 4.79 Å². The monoisotopic (exact) mass is 302 g/mol. The third-order valence-electron chi connectivity index (χ3n) is 2.87. The fraction of sp³-hybridized carbons (Fsp3) is 0.0667. The molecule has 21 heavy (non-hydrogen) atoms. The molecule has 2 aromatic carbocycles. The molecule has 0 spiro atoms. The van der Waals surface area contributed by atoms with E-state index in [9.17, 15) is 9.59 Å². The van der Waals surface area contributed by atoms with Gasteiger partial charge >= 0.3 is 5.97 Å². The van der Waals surface area contributed by atoms with Gasteiger partial charge in [-0.15, -0.1) is 11.8 Å². The predicted octanol–water partition coefficient (Wildman–Crippen LogP) is 2.94. The Bertz CT molecular complexity index is 701. The normalized spacial score (nSPS) is 10.1. The molecule has 0 atom stereocenters. The number of nitrogens with two attached hydrogens (primary N) is 1. The van der Waals surface area contributed by atoms with Gasteiger partial charge < -0.3 is 16.2 Å². The Morgan fingerprint density at radius 2 is 1.86 bits per heavy atom. The minimum atomic E-state index is -1.12. The SMILES string of the molecule is CSc1ccccc1C(=O)Nc1cc(N)ccc1C(=O)O. The van der Waals surface area contributed by atoms with Crippen LogP contribution in [0.25, 0.3) is 0 Å². The molecule has 6 heteroatoms. The molecule has 0 radical (unpaired) electrons. The van der Waals surface area contributed by atoms with E-state index in [-0.39, 0.29) is 17.2 Å². The predicted molar refractivity (Wildman–Crippen MR) is 84.0 cm³/mol. The van der Waals surface area contributed by atoms with Gasteiger partial charge in [-0.05, 0) is 36.6 Å². The molecule has 0 saturated heterocycles. The Labute approximate surface area is 126 Å². The maximum atomic E-state index is 12.3. The average Bonchev–Trinajstić information content (AvgIpc) is 2.46.